The molecule has 0 aromatic carbocycles. The van der Waals surface area contributed by atoms with Gasteiger partial charge in [0.15, 0.2) is 12.2 Å². The number of hydrogen-bond acceptors (Lipinski definition) is 15. The van der Waals surface area contributed by atoms with E-state index in [1.54, 1.807) is 0 Å². The van der Waals surface area contributed by atoms with Crippen molar-refractivity contribution in [3.63, 3.8) is 0 Å². The third kappa shape index (κ3) is 60.3. The average Bonchev–Trinajstić information content (AvgIpc) is 3.70. The van der Waals surface area contributed by atoms with Crippen LogP contribution in [0.4, 0.5) is 0 Å². The zero-order valence-electron chi connectivity index (χ0n) is 57.3. The van der Waals surface area contributed by atoms with Crippen molar-refractivity contribution < 1.29 is 80.2 Å². The zero-order valence-corrected chi connectivity index (χ0v) is 59.1. The van der Waals surface area contributed by atoms with E-state index in [0.29, 0.717) is 31.6 Å². The van der Waals surface area contributed by atoms with E-state index in [1.807, 2.05) is 0 Å². The van der Waals surface area contributed by atoms with E-state index in [9.17, 15) is 43.2 Å². The molecular weight excluding hydrogens is 1160 g/mol. The van der Waals surface area contributed by atoms with Crippen molar-refractivity contribution in [2.45, 2.75) is 356 Å². The second kappa shape index (κ2) is 58.8. The molecule has 19 heteroatoms. The van der Waals surface area contributed by atoms with E-state index in [0.717, 1.165) is 114 Å². The summed E-state index contributed by atoms with van der Waals surface area (Å²) < 4.78 is 68.1. The summed E-state index contributed by atoms with van der Waals surface area (Å²) in [5, 5.41) is 10.6. The van der Waals surface area contributed by atoms with Gasteiger partial charge in [-0.1, -0.05) is 287 Å². The summed E-state index contributed by atoms with van der Waals surface area (Å²) in [4.78, 5) is 72.4. The minimum Gasteiger partial charge on any atom is -0.462 e. The molecule has 0 aliphatic heterocycles. The molecule has 0 aliphatic carbocycles. The van der Waals surface area contributed by atoms with E-state index in [4.69, 9.17) is 37.0 Å². The number of carbonyl (C=O) groups is 4. The third-order valence-corrected chi connectivity index (χ3v) is 18.4. The Kier molecular flexibility index (Phi) is 57.6. The average molecular weight is 1300 g/mol. The molecular formula is C69H134O17P2. The number of ether oxygens (including phenoxy) is 4. The molecule has 7 atom stereocenters. The number of aliphatic hydroxyl groups is 1. The molecule has 0 saturated carbocycles. The van der Waals surface area contributed by atoms with Crippen LogP contribution in [0.1, 0.15) is 338 Å². The van der Waals surface area contributed by atoms with Crippen LogP contribution in [0.5, 0.6) is 0 Å². The Hall–Kier alpha value is -1.94. The van der Waals surface area contributed by atoms with Gasteiger partial charge in [0.25, 0.3) is 0 Å². The zero-order chi connectivity index (χ0) is 65.4. The summed E-state index contributed by atoms with van der Waals surface area (Å²) in [6, 6.07) is 0. The number of phosphoric ester groups is 2. The lowest BCUT2D eigenvalue weighted by Gasteiger charge is -2.21. The Morgan fingerprint density at radius 2 is 0.545 bits per heavy atom. The van der Waals surface area contributed by atoms with Crippen molar-refractivity contribution in [1.29, 1.82) is 0 Å². The number of unbranched alkanes of at least 4 members (excludes halogenated alkanes) is 30. The van der Waals surface area contributed by atoms with Gasteiger partial charge in [0.1, 0.15) is 19.3 Å². The van der Waals surface area contributed by atoms with Crippen LogP contribution in [0, 0.1) is 23.7 Å². The predicted octanol–water partition coefficient (Wildman–Crippen LogP) is 19.3. The minimum atomic E-state index is -4.95. The molecule has 0 rings (SSSR count). The standard InChI is InChI=1S/C69H134O17P2/c1-9-61(7)47-39-31-24-27-34-42-50-67(72)80-56-65(85-68(73)51-43-35-26-23-30-38-46-60(5)6)58-84-88(77,78)82-54-63(70)53-81-87(75,76)83-57-64(86-69(74)52-44-36-28-25-32-40-48-62(8)10-2)55-79-66(71)49-41-33-22-20-18-16-14-12-11-13-15-17-19-21-29-37-45-59(3)4/h59-65,70H,9-58H2,1-8H3,(H,75,76)(H,77,78)/t61?,62?,63-,64-,65-/m1/s1. The highest BCUT2D eigenvalue weighted by Gasteiger charge is 2.30. The summed E-state index contributed by atoms with van der Waals surface area (Å²) in [5.41, 5.74) is 0. The first kappa shape index (κ1) is 86.1. The molecule has 0 bridgehead atoms. The third-order valence-electron chi connectivity index (χ3n) is 16.5. The summed E-state index contributed by atoms with van der Waals surface area (Å²) >= 11 is 0. The fourth-order valence-electron chi connectivity index (χ4n) is 10.2. The molecule has 88 heavy (non-hydrogen) atoms. The van der Waals surface area contributed by atoms with Crippen LogP contribution in [0.2, 0.25) is 0 Å². The molecule has 3 N–H and O–H groups in total. The molecule has 17 nitrogen and oxygen atoms in total. The predicted molar refractivity (Wildman–Crippen MR) is 354 cm³/mol. The lowest BCUT2D eigenvalue weighted by Crippen LogP contribution is -2.30. The van der Waals surface area contributed by atoms with E-state index in [-0.39, 0.29) is 25.7 Å². The van der Waals surface area contributed by atoms with Gasteiger partial charge in [-0.3, -0.25) is 37.3 Å². The van der Waals surface area contributed by atoms with Crippen LogP contribution >= 0.6 is 15.6 Å². The Morgan fingerprint density at radius 1 is 0.318 bits per heavy atom. The van der Waals surface area contributed by atoms with Crippen LogP contribution in [0.3, 0.4) is 0 Å². The number of rotatable bonds is 66. The van der Waals surface area contributed by atoms with Crippen LogP contribution in [0.25, 0.3) is 0 Å². The van der Waals surface area contributed by atoms with E-state index >= 15 is 0 Å². The smallest absolute Gasteiger partial charge is 0.462 e. The molecule has 0 spiro atoms. The molecule has 0 aliphatic rings. The lowest BCUT2D eigenvalue weighted by molar-refractivity contribution is -0.161. The monoisotopic (exact) mass is 1300 g/mol. The largest absolute Gasteiger partial charge is 0.472 e. The summed E-state index contributed by atoms with van der Waals surface area (Å²) in [7, 11) is -9.90. The van der Waals surface area contributed by atoms with Gasteiger partial charge < -0.3 is 33.8 Å². The number of phosphoric acid groups is 2. The summed E-state index contributed by atoms with van der Waals surface area (Å²) in [5.74, 6) is 0.793. The highest BCUT2D eigenvalue weighted by molar-refractivity contribution is 7.47. The molecule has 0 saturated heterocycles. The van der Waals surface area contributed by atoms with Crippen molar-refractivity contribution in [2.75, 3.05) is 39.6 Å². The van der Waals surface area contributed by atoms with E-state index < -0.39 is 97.5 Å². The van der Waals surface area contributed by atoms with Gasteiger partial charge in [0.2, 0.25) is 0 Å². The topological polar surface area (TPSA) is 237 Å². The van der Waals surface area contributed by atoms with Gasteiger partial charge in [0, 0.05) is 25.7 Å². The van der Waals surface area contributed by atoms with E-state index in [1.165, 1.54) is 135 Å². The summed E-state index contributed by atoms with van der Waals surface area (Å²) in [6.45, 7) is 14.0. The first-order valence-electron chi connectivity index (χ1n) is 35.8. The molecule has 0 aromatic heterocycles. The molecule has 0 amide bonds. The van der Waals surface area contributed by atoms with Crippen molar-refractivity contribution >= 4 is 39.5 Å². The summed E-state index contributed by atoms with van der Waals surface area (Å²) in [6.07, 6.45) is 40.7. The first-order chi connectivity index (χ1) is 42.2. The van der Waals surface area contributed by atoms with Gasteiger partial charge in [-0.2, -0.15) is 0 Å². The van der Waals surface area contributed by atoms with Gasteiger partial charge in [-0.25, -0.2) is 9.13 Å². The van der Waals surface area contributed by atoms with Crippen LogP contribution in [-0.4, -0.2) is 96.7 Å². The highest BCUT2D eigenvalue weighted by Crippen LogP contribution is 2.45. The van der Waals surface area contributed by atoms with E-state index in [2.05, 4.69) is 55.4 Å². The van der Waals surface area contributed by atoms with Crippen LogP contribution in [0.15, 0.2) is 0 Å². The van der Waals surface area contributed by atoms with Crippen molar-refractivity contribution in [3.8, 4) is 0 Å². The second-order valence-corrected chi connectivity index (χ2v) is 29.3. The maximum Gasteiger partial charge on any atom is 0.472 e. The van der Waals surface area contributed by atoms with Crippen LogP contribution < -0.4 is 0 Å². The molecule has 0 aromatic rings. The number of aliphatic hydroxyl groups excluding tert-OH is 1. The quantitative estimate of drug-likeness (QED) is 0.0222. The van der Waals surface area contributed by atoms with Crippen molar-refractivity contribution in [2.24, 2.45) is 23.7 Å². The van der Waals surface area contributed by atoms with Gasteiger partial charge in [-0.05, 0) is 49.4 Å². The molecule has 4 unspecified atom stereocenters. The molecule has 0 fully saturated rings. The Balaban J connectivity index is 5.16. The fraction of sp³-hybridized carbons (Fsp3) is 0.942. The Bertz CT molecular complexity index is 1750. The Labute approximate surface area is 537 Å². The van der Waals surface area contributed by atoms with Gasteiger partial charge in [-0.15, -0.1) is 0 Å². The normalized spacial score (nSPS) is 14.9. The number of carbonyl (C=O) groups excluding carboxylic acids is 4. The highest BCUT2D eigenvalue weighted by atomic mass is 31.2. The number of esters is 4. The minimum absolute atomic E-state index is 0.101. The van der Waals surface area contributed by atoms with Gasteiger partial charge in [0.05, 0.1) is 26.4 Å². The second-order valence-electron chi connectivity index (χ2n) is 26.4. The van der Waals surface area contributed by atoms with Crippen molar-refractivity contribution in [3.05, 3.63) is 0 Å². The maximum atomic E-state index is 13.0. The first-order valence-corrected chi connectivity index (χ1v) is 38.8. The number of hydrogen-bond donors (Lipinski definition) is 3. The molecule has 0 heterocycles. The SMILES string of the molecule is CCC(C)CCCCCCCCC(=O)OC[C@H](COP(=O)(O)OC[C@H](O)COP(=O)(O)OC[C@@H](COC(=O)CCCCCCCCCCCCCCCCCCC(C)C)OC(=O)CCCCCCCCC(C)CC)OC(=O)CCCCCCCCC(C)C. The van der Waals surface area contributed by atoms with Crippen LogP contribution in [-0.2, 0) is 65.4 Å². The fourth-order valence-corrected chi connectivity index (χ4v) is 11.8. The molecule has 522 valence electrons. The van der Waals surface area contributed by atoms with Gasteiger partial charge >= 0.3 is 39.5 Å². The van der Waals surface area contributed by atoms with Crippen molar-refractivity contribution in [1.82, 2.24) is 0 Å². The lowest BCUT2D eigenvalue weighted by atomic mass is 10.00. The maximum absolute atomic E-state index is 13.0. The molecule has 0 radical (unpaired) electrons. The Morgan fingerprint density at radius 3 is 0.807 bits per heavy atom.